The second kappa shape index (κ2) is 19.0. The zero-order valence-corrected chi connectivity index (χ0v) is 28.5. The first-order valence-corrected chi connectivity index (χ1v) is 15.9. The number of hydrazone groups is 2. The van der Waals surface area contributed by atoms with Crippen LogP contribution in [0.4, 0.5) is 22.7 Å². The molecule has 0 radical (unpaired) electrons. The molecule has 2 N–H and O–H groups in total. The highest BCUT2D eigenvalue weighted by molar-refractivity contribution is 5.95. The molecule has 4 aromatic carbocycles. The number of hydrogen-bond acceptors (Lipinski definition) is 16. The highest BCUT2D eigenvalue weighted by Gasteiger charge is 2.23. The molecule has 0 atom stereocenters. The van der Waals surface area contributed by atoms with Gasteiger partial charge in [0.25, 0.3) is 22.7 Å². The van der Waals surface area contributed by atoms with Crippen molar-refractivity contribution in [1.82, 2.24) is 10.9 Å². The van der Waals surface area contributed by atoms with E-state index in [2.05, 4.69) is 21.1 Å². The number of benzene rings is 4. The third-order valence-corrected chi connectivity index (χ3v) is 7.21. The van der Waals surface area contributed by atoms with Crippen molar-refractivity contribution in [3.05, 3.63) is 148 Å². The van der Waals surface area contributed by atoms with Crippen molar-refractivity contribution in [3.8, 4) is 11.5 Å². The minimum atomic E-state index is -1.11. The Morgan fingerprint density at radius 2 is 0.857 bits per heavy atom. The van der Waals surface area contributed by atoms with E-state index in [1.54, 1.807) is 12.1 Å². The summed E-state index contributed by atoms with van der Waals surface area (Å²) in [6, 6.07) is 16.6. The first-order valence-electron chi connectivity index (χ1n) is 15.9. The van der Waals surface area contributed by atoms with Crippen LogP contribution in [-0.4, -0.2) is 55.9 Å². The monoisotopic (exact) mass is 770 g/mol. The van der Waals surface area contributed by atoms with Crippen LogP contribution in [0.2, 0.25) is 0 Å². The predicted molar refractivity (Wildman–Crippen MR) is 192 cm³/mol. The number of carbonyl (C=O) groups excluding carboxylic acids is 4. The van der Waals surface area contributed by atoms with Gasteiger partial charge in [0.2, 0.25) is 11.8 Å². The van der Waals surface area contributed by atoms with Crippen molar-refractivity contribution in [2.75, 3.05) is 0 Å². The maximum Gasteiger partial charge on any atom is 0.344 e. The molecule has 56 heavy (non-hydrogen) atoms. The van der Waals surface area contributed by atoms with Crippen molar-refractivity contribution in [2.24, 2.45) is 10.2 Å². The molecule has 0 heterocycles. The fraction of sp³-hybridized carbons (Fsp3) is 0.118. The SMILES string of the molecule is O=C(CCCCC(=O)NN=Cc1ccccc1OC(=O)c1cc([N+](=O)[O-])cc([N+](=O)[O-])c1)NN=Cc1ccccc1OC(=O)c1cc([N+](=O)[O-])cc([N+](=O)[O-])c1. The van der Waals surface area contributed by atoms with Gasteiger partial charge in [-0.25, -0.2) is 20.4 Å². The minimum absolute atomic E-state index is 0.0252. The first kappa shape index (κ1) is 40.5. The summed E-state index contributed by atoms with van der Waals surface area (Å²) in [5, 5.41) is 52.3. The standard InChI is InChI=1S/C34H26N8O14/c43-31(37-35-19-21-7-1-3-9-29(21)55-33(45)23-13-25(39(47)48)17-26(14-23)40(49)50)11-5-6-12-32(44)38-36-20-22-8-2-4-10-30(22)56-34(46)24-15-27(41(51)52)18-28(16-24)42(53)54/h1-4,7-10,13-20H,5-6,11-12H2,(H,37,43)(H,38,44). The summed E-state index contributed by atoms with van der Waals surface area (Å²) < 4.78 is 10.6. The molecule has 0 unspecified atom stereocenters. The Bertz CT molecular complexity index is 2070. The second-order valence-electron chi connectivity index (χ2n) is 11.2. The van der Waals surface area contributed by atoms with E-state index in [0.717, 1.165) is 24.3 Å². The average Bonchev–Trinajstić information content (AvgIpc) is 3.17. The molecule has 4 aromatic rings. The van der Waals surface area contributed by atoms with E-state index in [9.17, 15) is 59.6 Å². The Kier molecular flexibility index (Phi) is 13.7. The number of esters is 2. The minimum Gasteiger partial charge on any atom is -0.422 e. The van der Waals surface area contributed by atoms with Crippen molar-refractivity contribution >= 4 is 58.9 Å². The maximum atomic E-state index is 12.7. The number of rotatable bonds is 17. The van der Waals surface area contributed by atoms with Gasteiger partial charge in [-0.05, 0) is 37.1 Å². The van der Waals surface area contributed by atoms with Gasteiger partial charge in [0.1, 0.15) is 11.5 Å². The summed E-state index contributed by atoms with van der Waals surface area (Å²) in [7, 11) is 0. The van der Waals surface area contributed by atoms with Crippen LogP contribution in [0, 0.1) is 40.5 Å². The highest BCUT2D eigenvalue weighted by Crippen LogP contribution is 2.26. The number of nitro benzene ring substituents is 4. The Morgan fingerprint density at radius 1 is 0.536 bits per heavy atom. The van der Waals surface area contributed by atoms with E-state index < -0.39 is 77.3 Å². The Hall–Kier alpha value is -8.30. The summed E-state index contributed by atoms with van der Waals surface area (Å²) in [4.78, 5) is 91.0. The van der Waals surface area contributed by atoms with Crippen LogP contribution in [0.1, 0.15) is 57.5 Å². The molecule has 0 aliphatic rings. The second-order valence-corrected chi connectivity index (χ2v) is 11.2. The lowest BCUT2D eigenvalue weighted by molar-refractivity contribution is -0.394. The van der Waals surface area contributed by atoms with E-state index in [1.165, 1.54) is 48.8 Å². The van der Waals surface area contributed by atoms with Crippen molar-refractivity contribution in [2.45, 2.75) is 25.7 Å². The van der Waals surface area contributed by atoms with Gasteiger partial charge in [-0.2, -0.15) is 10.2 Å². The summed E-state index contributed by atoms with van der Waals surface area (Å²) in [6.07, 6.45) is 2.83. The summed E-state index contributed by atoms with van der Waals surface area (Å²) in [5.74, 6) is -3.36. The maximum absolute atomic E-state index is 12.7. The van der Waals surface area contributed by atoms with Crippen molar-refractivity contribution < 1.29 is 48.3 Å². The van der Waals surface area contributed by atoms with Gasteiger partial charge in [0.05, 0.1) is 55.4 Å². The third kappa shape index (κ3) is 11.6. The Balaban J connectivity index is 1.23. The number of hydrogen-bond donors (Lipinski definition) is 2. The molecule has 0 aromatic heterocycles. The van der Waals surface area contributed by atoms with Crippen LogP contribution >= 0.6 is 0 Å². The van der Waals surface area contributed by atoms with E-state index in [1.807, 2.05) is 0 Å². The molecule has 4 rings (SSSR count). The smallest absolute Gasteiger partial charge is 0.344 e. The van der Waals surface area contributed by atoms with E-state index in [-0.39, 0.29) is 48.3 Å². The Labute approximate surface area is 313 Å². The fourth-order valence-electron chi connectivity index (χ4n) is 4.56. The van der Waals surface area contributed by atoms with Gasteiger partial charge in [-0.15, -0.1) is 0 Å². The predicted octanol–water partition coefficient (Wildman–Crippen LogP) is 4.92. The number of nitrogens with one attached hydrogen (secondary N) is 2. The van der Waals surface area contributed by atoms with Crippen LogP contribution in [-0.2, 0) is 9.59 Å². The highest BCUT2D eigenvalue weighted by atomic mass is 16.6. The van der Waals surface area contributed by atoms with E-state index in [0.29, 0.717) is 12.1 Å². The molecular weight excluding hydrogens is 744 g/mol. The molecule has 0 aliphatic carbocycles. The summed E-state index contributed by atoms with van der Waals surface area (Å²) in [5.41, 5.74) is 1.42. The van der Waals surface area contributed by atoms with Crippen LogP contribution in [0.25, 0.3) is 0 Å². The van der Waals surface area contributed by atoms with Crippen LogP contribution in [0.5, 0.6) is 11.5 Å². The van der Waals surface area contributed by atoms with E-state index >= 15 is 0 Å². The number of nitro groups is 4. The number of unbranched alkanes of at least 4 members (excludes halogenated alkanes) is 1. The third-order valence-electron chi connectivity index (χ3n) is 7.21. The molecule has 22 heteroatoms. The molecular formula is C34H26N8O14. The number of non-ortho nitro benzene ring substituents is 4. The zero-order valence-electron chi connectivity index (χ0n) is 28.5. The number of ether oxygens (including phenoxy) is 2. The number of nitrogens with zero attached hydrogens (tertiary/aromatic N) is 6. The van der Waals surface area contributed by atoms with E-state index in [4.69, 9.17) is 9.47 Å². The fourth-order valence-corrected chi connectivity index (χ4v) is 4.56. The average molecular weight is 771 g/mol. The topological polar surface area (TPSA) is 308 Å². The van der Waals surface area contributed by atoms with Gasteiger partial charge in [0.15, 0.2) is 0 Å². The van der Waals surface area contributed by atoms with Gasteiger partial charge < -0.3 is 9.47 Å². The molecule has 0 saturated heterocycles. The normalized spacial score (nSPS) is 10.8. The van der Waals surface area contributed by atoms with Crippen LogP contribution in [0.15, 0.2) is 95.1 Å². The number of para-hydroxylation sites is 2. The zero-order chi connectivity index (χ0) is 40.8. The molecule has 0 aliphatic heterocycles. The summed E-state index contributed by atoms with van der Waals surface area (Å²) in [6.45, 7) is 0. The molecule has 0 fully saturated rings. The molecule has 0 spiro atoms. The lowest BCUT2D eigenvalue weighted by Gasteiger charge is -2.07. The Morgan fingerprint density at radius 3 is 1.18 bits per heavy atom. The molecule has 0 bridgehead atoms. The van der Waals surface area contributed by atoms with Gasteiger partial charge in [-0.1, -0.05) is 24.3 Å². The lowest BCUT2D eigenvalue weighted by atomic mass is 10.1. The van der Waals surface area contributed by atoms with Crippen LogP contribution in [0.3, 0.4) is 0 Å². The van der Waals surface area contributed by atoms with Gasteiger partial charge >= 0.3 is 11.9 Å². The first-order chi connectivity index (χ1) is 26.7. The number of amides is 2. The molecule has 0 saturated carbocycles. The van der Waals surface area contributed by atoms with Gasteiger partial charge in [-0.3, -0.25) is 50.0 Å². The largest absolute Gasteiger partial charge is 0.422 e. The molecule has 286 valence electrons. The summed E-state index contributed by atoms with van der Waals surface area (Å²) >= 11 is 0. The van der Waals surface area contributed by atoms with Gasteiger partial charge in [0, 0.05) is 48.2 Å². The van der Waals surface area contributed by atoms with Crippen LogP contribution < -0.4 is 20.3 Å². The quantitative estimate of drug-likeness (QED) is 0.0360. The lowest BCUT2D eigenvalue weighted by Crippen LogP contribution is -2.19. The van der Waals surface area contributed by atoms with Crippen molar-refractivity contribution in [1.29, 1.82) is 0 Å². The molecule has 2 amide bonds. The molecule has 22 nitrogen and oxygen atoms in total. The number of carbonyl (C=O) groups is 4. The van der Waals surface area contributed by atoms with Crippen molar-refractivity contribution in [3.63, 3.8) is 0 Å².